The van der Waals surface area contributed by atoms with E-state index >= 15 is 0 Å². The first-order chi connectivity index (χ1) is 14.4. The van der Waals surface area contributed by atoms with Gasteiger partial charge < -0.3 is 14.4 Å². The van der Waals surface area contributed by atoms with Crippen LogP contribution >= 0.6 is 0 Å². The van der Waals surface area contributed by atoms with Crippen molar-refractivity contribution in [2.75, 3.05) is 13.2 Å². The van der Waals surface area contributed by atoms with Crippen molar-refractivity contribution in [3.05, 3.63) is 51.9 Å². The molecule has 3 rings (SSSR count). The van der Waals surface area contributed by atoms with E-state index in [9.17, 15) is 9.59 Å². The molecule has 0 saturated carbocycles. The monoisotopic (exact) mass is 429 g/mol. The molecular weight excluding hydrogens is 394 g/mol. The van der Waals surface area contributed by atoms with Crippen molar-refractivity contribution >= 4 is 5.91 Å². The number of nitrogens with zero attached hydrogens (tertiary/aromatic N) is 3. The summed E-state index contributed by atoms with van der Waals surface area (Å²) in [6.07, 6.45) is 0.169. The van der Waals surface area contributed by atoms with Gasteiger partial charge in [-0.3, -0.25) is 14.3 Å². The van der Waals surface area contributed by atoms with Gasteiger partial charge in [0.25, 0.3) is 5.56 Å². The van der Waals surface area contributed by atoms with Crippen LogP contribution in [0.5, 0.6) is 0 Å². The maximum atomic E-state index is 13.3. The number of carbonyl (C=O) groups excluding carboxylic acids is 1. The molecule has 1 fully saturated rings. The predicted molar refractivity (Wildman–Crippen MR) is 120 cm³/mol. The molecule has 170 valence electrons. The van der Waals surface area contributed by atoms with Crippen LogP contribution < -0.4 is 5.56 Å². The van der Waals surface area contributed by atoms with E-state index in [4.69, 9.17) is 9.47 Å². The van der Waals surface area contributed by atoms with Crippen molar-refractivity contribution in [2.24, 2.45) is 12.5 Å². The Labute approximate surface area is 184 Å². The molecule has 0 aliphatic carbocycles. The van der Waals surface area contributed by atoms with E-state index in [2.05, 4.69) is 0 Å². The van der Waals surface area contributed by atoms with Crippen LogP contribution in [-0.4, -0.2) is 45.2 Å². The van der Waals surface area contributed by atoms with Gasteiger partial charge in [0, 0.05) is 25.7 Å². The summed E-state index contributed by atoms with van der Waals surface area (Å²) in [6, 6.07) is 9.53. The summed E-state index contributed by atoms with van der Waals surface area (Å²) in [7, 11) is 1.87. The maximum Gasteiger partial charge on any atom is 0.276 e. The van der Waals surface area contributed by atoms with Crippen LogP contribution in [0.15, 0.2) is 35.1 Å². The highest BCUT2D eigenvalue weighted by Crippen LogP contribution is 2.25. The molecule has 0 spiro atoms. The van der Waals surface area contributed by atoms with Gasteiger partial charge in [0.15, 0.2) is 5.79 Å². The van der Waals surface area contributed by atoms with Crippen molar-refractivity contribution in [1.29, 1.82) is 0 Å². The minimum atomic E-state index is -0.661. The quantitative estimate of drug-likeness (QED) is 0.706. The Morgan fingerprint density at radius 1 is 1.23 bits per heavy atom. The maximum absolute atomic E-state index is 13.3. The van der Waals surface area contributed by atoms with Gasteiger partial charge in [-0.25, -0.2) is 4.68 Å². The predicted octanol–water partition coefficient (Wildman–Crippen LogP) is 3.40. The first kappa shape index (κ1) is 23.3. The number of benzene rings is 1. The highest BCUT2D eigenvalue weighted by Gasteiger charge is 2.35. The van der Waals surface area contributed by atoms with Gasteiger partial charge in [-0.15, -0.1) is 0 Å². The molecule has 2 aromatic rings. The van der Waals surface area contributed by atoms with E-state index in [0.717, 1.165) is 11.4 Å². The van der Waals surface area contributed by atoms with E-state index in [1.54, 1.807) is 9.58 Å². The Bertz CT molecular complexity index is 983. The van der Waals surface area contributed by atoms with E-state index in [1.807, 2.05) is 83.6 Å². The summed E-state index contributed by atoms with van der Waals surface area (Å²) in [5.41, 5.74) is 1.99. The molecule has 2 heterocycles. The molecule has 1 amide bonds. The summed E-state index contributed by atoms with van der Waals surface area (Å²) < 4.78 is 15.1. The smallest absolute Gasteiger partial charge is 0.276 e. The third-order valence-electron chi connectivity index (χ3n) is 5.55. The lowest BCUT2D eigenvalue weighted by Gasteiger charge is -2.28. The lowest BCUT2D eigenvalue weighted by atomic mass is 9.91. The number of hydrogen-bond acceptors (Lipinski definition) is 4. The molecule has 0 radical (unpaired) electrons. The Morgan fingerprint density at radius 3 is 2.42 bits per heavy atom. The Morgan fingerprint density at radius 2 is 1.87 bits per heavy atom. The average Bonchev–Trinajstić information content (AvgIpc) is 3.11. The number of ether oxygens (including phenoxy) is 2. The molecule has 1 atom stereocenters. The zero-order valence-corrected chi connectivity index (χ0v) is 19.8. The zero-order chi connectivity index (χ0) is 23.0. The third kappa shape index (κ3) is 5.46. The molecule has 1 unspecified atom stereocenters. The van der Waals surface area contributed by atoms with E-state index in [0.29, 0.717) is 25.1 Å². The summed E-state index contributed by atoms with van der Waals surface area (Å²) in [5.74, 6) is -0.652. The van der Waals surface area contributed by atoms with Crippen LogP contribution in [0.3, 0.4) is 0 Å². The van der Waals surface area contributed by atoms with Crippen molar-refractivity contribution in [3.8, 4) is 5.69 Å². The number of amides is 1. The second-order valence-electron chi connectivity index (χ2n) is 10.0. The van der Waals surface area contributed by atoms with Gasteiger partial charge in [0.05, 0.1) is 24.4 Å². The Hall–Kier alpha value is -2.38. The van der Waals surface area contributed by atoms with Gasteiger partial charge >= 0.3 is 0 Å². The summed E-state index contributed by atoms with van der Waals surface area (Å²) >= 11 is 0. The first-order valence-electron chi connectivity index (χ1n) is 10.8. The fourth-order valence-electron chi connectivity index (χ4n) is 3.92. The van der Waals surface area contributed by atoms with Crippen LogP contribution in [0, 0.1) is 12.3 Å². The van der Waals surface area contributed by atoms with Gasteiger partial charge in [0.1, 0.15) is 6.10 Å². The number of carbonyl (C=O) groups is 1. The number of hydrogen-bond donors (Lipinski definition) is 0. The molecule has 0 N–H and O–H groups in total. The van der Waals surface area contributed by atoms with Crippen LogP contribution in [0.1, 0.15) is 52.3 Å². The summed E-state index contributed by atoms with van der Waals surface area (Å²) in [6.45, 7) is 12.8. The lowest BCUT2D eigenvalue weighted by Crippen LogP contribution is -2.41. The van der Waals surface area contributed by atoms with Crippen LogP contribution in [-0.2, 0) is 27.9 Å². The summed E-state index contributed by atoms with van der Waals surface area (Å²) in [4.78, 5) is 28.3. The van der Waals surface area contributed by atoms with Crippen LogP contribution in [0.25, 0.3) is 5.69 Å². The minimum Gasteiger partial charge on any atom is -0.348 e. The average molecular weight is 430 g/mol. The Balaban J connectivity index is 1.92. The van der Waals surface area contributed by atoms with Crippen molar-refractivity contribution in [1.82, 2.24) is 14.3 Å². The fraction of sp³-hybridized carbons (Fsp3) is 0.583. The van der Waals surface area contributed by atoms with Crippen LogP contribution in [0.2, 0.25) is 0 Å². The molecule has 31 heavy (non-hydrogen) atoms. The lowest BCUT2D eigenvalue weighted by molar-refractivity contribution is -0.147. The largest absolute Gasteiger partial charge is 0.348 e. The number of para-hydroxylation sites is 1. The van der Waals surface area contributed by atoms with E-state index < -0.39 is 5.79 Å². The van der Waals surface area contributed by atoms with Gasteiger partial charge in [-0.2, -0.15) is 0 Å². The van der Waals surface area contributed by atoms with Gasteiger partial charge in [0.2, 0.25) is 5.91 Å². The van der Waals surface area contributed by atoms with E-state index in [-0.39, 0.29) is 29.5 Å². The molecular formula is C24H35N3O4. The van der Waals surface area contributed by atoms with Crippen LogP contribution in [0.4, 0.5) is 0 Å². The minimum absolute atomic E-state index is 0.00900. The molecule has 1 aromatic carbocycles. The summed E-state index contributed by atoms with van der Waals surface area (Å²) in [5, 5.41) is 0. The van der Waals surface area contributed by atoms with Gasteiger partial charge in [-0.05, 0) is 38.3 Å². The molecule has 7 nitrogen and oxygen atoms in total. The Kier molecular flexibility index (Phi) is 6.48. The first-order valence-corrected chi connectivity index (χ1v) is 10.8. The fourth-order valence-corrected chi connectivity index (χ4v) is 3.92. The standard InChI is InChI=1S/C24H35N3O4/c1-17-20(22(29)27(25(17)7)18-11-9-8-10-12-18)15-26(21(28)13-23(2,3)4)14-19-16-30-24(5,6)31-19/h8-12,19H,13-16H2,1-7H3. The van der Waals surface area contributed by atoms with Gasteiger partial charge in [-0.1, -0.05) is 39.0 Å². The van der Waals surface area contributed by atoms with E-state index in [1.165, 1.54) is 0 Å². The molecule has 0 bridgehead atoms. The molecule has 1 aliphatic heterocycles. The van der Waals surface area contributed by atoms with Crippen molar-refractivity contribution < 1.29 is 14.3 Å². The normalized spacial score (nSPS) is 18.4. The zero-order valence-electron chi connectivity index (χ0n) is 19.8. The van der Waals surface area contributed by atoms with Crippen molar-refractivity contribution in [3.63, 3.8) is 0 Å². The number of aromatic nitrogens is 2. The molecule has 7 heteroatoms. The number of rotatable bonds is 6. The highest BCUT2D eigenvalue weighted by atomic mass is 16.7. The molecule has 1 aromatic heterocycles. The molecule has 1 aliphatic rings. The topological polar surface area (TPSA) is 65.7 Å². The molecule has 1 saturated heterocycles. The second-order valence-corrected chi connectivity index (χ2v) is 10.0. The second kappa shape index (κ2) is 8.63. The SMILES string of the molecule is Cc1c(CN(CC2COC(C)(C)O2)C(=O)CC(C)(C)C)c(=O)n(-c2ccccc2)n1C. The third-order valence-corrected chi connectivity index (χ3v) is 5.55. The van der Waals surface area contributed by atoms with Crippen molar-refractivity contribution in [2.45, 2.75) is 66.4 Å². The highest BCUT2D eigenvalue weighted by molar-refractivity contribution is 5.77.